The highest BCUT2D eigenvalue weighted by atomic mass is 32.2. The van der Waals surface area contributed by atoms with Crippen molar-refractivity contribution in [2.75, 3.05) is 13.2 Å². The van der Waals surface area contributed by atoms with Crippen molar-refractivity contribution in [3.8, 4) is 5.75 Å². The van der Waals surface area contributed by atoms with Crippen LogP contribution in [0.1, 0.15) is 12.5 Å². The molecular formula is C16H20N2O5S2. The fraction of sp³-hybridized carbons (Fsp3) is 0.250. The van der Waals surface area contributed by atoms with Gasteiger partial charge in [-0.1, -0.05) is 25.1 Å². The van der Waals surface area contributed by atoms with Gasteiger partial charge < -0.3 is 4.74 Å². The van der Waals surface area contributed by atoms with Crippen LogP contribution < -0.4 is 14.6 Å². The second-order valence-electron chi connectivity index (χ2n) is 5.23. The van der Waals surface area contributed by atoms with E-state index in [2.05, 4.69) is 4.72 Å². The quantitative estimate of drug-likeness (QED) is 0.665. The molecule has 2 aromatic rings. The highest BCUT2D eigenvalue weighted by Gasteiger charge is 2.14. The van der Waals surface area contributed by atoms with Crippen molar-refractivity contribution in [2.24, 2.45) is 5.14 Å². The monoisotopic (exact) mass is 384 g/mol. The van der Waals surface area contributed by atoms with E-state index < -0.39 is 20.0 Å². The fourth-order valence-electron chi connectivity index (χ4n) is 2.17. The molecule has 0 aromatic heterocycles. The SMILES string of the molecule is CCc1cc(S(N)(=O)=O)ccc1OCCNS(=O)(=O)c1ccccc1. The van der Waals surface area contributed by atoms with Crippen LogP contribution in [0.4, 0.5) is 0 Å². The van der Waals surface area contributed by atoms with E-state index in [4.69, 9.17) is 9.88 Å². The normalized spacial score (nSPS) is 12.1. The van der Waals surface area contributed by atoms with Gasteiger partial charge in [-0.15, -0.1) is 0 Å². The van der Waals surface area contributed by atoms with Gasteiger partial charge >= 0.3 is 0 Å². The van der Waals surface area contributed by atoms with E-state index in [1.54, 1.807) is 18.2 Å². The molecule has 0 atom stereocenters. The second kappa shape index (κ2) is 7.96. The van der Waals surface area contributed by atoms with Crippen LogP contribution in [0.3, 0.4) is 0 Å². The Hall–Kier alpha value is -1.94. The van der Waals surface area contributed by atoms with Gasteiger partial charge in [-0.3, -0.25) is 0 Å². The summed E-state index contributed by atoms with van der Waals surface area (Å²) in [7, 11) is -7.36. The van der Waals surface area contributed by atoms with Crippen LogP contribution in [0, 0.1) is 0 Å². The van der Waals surface area contributed by atoms with Crippen LogP contribution in [-0.2, 0) is 26.5 Å². The van der Waals surface area contributed by atoms with Gasteiger partial charge in [0.05, 0.1) is 9.79 Å². The predicted molar refractivity (Wildman–Crippen MR) is 94.3 cm³/mol. The molecule has 2 aromatic carbocycles. The summed E-state index contributed by atoms with van der Waals surface area (Å²) >= 11 is 0. The van der Waals surface area contributed by atoms with E-state index in [-0.39, 0.29) is 22.9 Å². The van der Waals surface area contributed by atoms with Crippen molar-refractivity contribution in [3.63, 3.8) is 0 Å². The van der Waals surface area contributed by atoms with Gasteiger partial charge in [0.25, 0.3) is 0 Å². The predicted octanol–water partition coefficient (Wildman–Crippen LogP) is 1.25. The number of ether oxygens (including phenoxy) is 1. The summed E-state index contributed by atoms with van der Waals surface area (Å²) in [6, 6.07) is 12.4. The molecule has 0 saturated heterocycles. The maximum absolute atomic E-state index is 12.1. The van der Waals surface area contributed by atoms with Gasteiger partial charge in [0.2, 0.25) is 20.0 Å². The molecule has 0 saturated carbocycles. The summed E-state index contributed by atoms with van der Waals surface area (Å²) in [5.74, 6) is 0.494. The van der Waals surface area contributed by atoms with Gasteiger partial charge in [0.15, 0.2) is 0 Å². The molecule has 0 unspecified atom stereocenters. The molecule has 0 bridgehead atoms. The Balaban J connectivity index is 1.98. The van der Waals surface area contributed by atoms with Gasteiger partial charge in [-0.25, -0.2) is 26.7 Å². The van der Waals surface area contributed by atoms with Crippen LogP contribution in [0.2, 0.25) is 0 Å². The lowest BCUT2D eigenvalue weighted by Crippen LogP contribution is -2.28. The number of benzene rings is 2. The smallest absolute Gasteiger partial charge is 0.240 e. The Labute approximate surface area is 147 Å². The average molecular weight is 384 g/mol. The molecular weight excluding hydrogens is 364 g/mol. The summed E-state index contributed by atoms with van der Waals surface area (Å²) in [5, 5.41) is 5.11. The zero-order valence-corrected chi connectivity index (χ0v) is 15.3. The molecule has 3 N–H and O–H groups in total. The number of hydrogen-bond donors (Lipinski definition) is 2. The first kappa shape index (κ1) is 19.4. The van der Waals surface area contributed by atoms with Crippen molar-refractivity contribution in [2.45, 2.75) is 23.1 Å². The standard InChI is InChI=1S/C16H20N2O5S2/c1-2-13-12-15(24(17,19)20)8-9-16(13)23-11-10-18-25(21,22)14-6-4-3-5-7-14/h3-9,12,18H,2,10-11H2,1H3,(H2,17,19,20). The molecule has 0 aliphatic carbocycles. The fourth-order valence-corrected chi connectivity index (χ4v) is 3.77. The number of nitrogens with one attached hydrogen (secondary N) is 1. The minimum absolute atomic E-state index is 0.0153. The van der Waals surface area contributed by atoms with E-state index in [0.717, 1.165) is 0 Å². The van der Waals surface area contributed by atoms with Gasteiger partial charge in [0, 0.05) is 6.54 Å². The minimum Gasteiger partial charge on any atom is -0.492 e. The van der Waals surface area contributed by atoms with E-state index in [1.165, 1.54) is 30.3 Å². The van der Waals surface area contributed by atoms with E-state index >= 15 is 0 Å². The second-order valence-corrected chi connectivity index (χ2v) is 8.56. The summed E-state index contributed by atoms with van der Waals surface area (Å²) in [6.45, 7) is 2.04. The molecule has 0 amide bonds. The molecule has 2 rings (SSSR count). The Morgan fingerprint density at radius 3 is 2.28 bits per heavy atom. The van der Waals surface area contributed by atoms with Crippen molar-refractivity contribution in [1.29, 1.82) is 0 Å². The maximum atomic E-state index is 12.1. The summed E-state index contributed by atoms with van der Waals surface area (Å²) in [4.78, 5) is 0.197. The Bertz CT molecular complexity index is 926. The van der Waals surface area contributed by atoms with E-state index in [1.807, 2.05) is 6.92 Å². The van der Waals surface area contributed by atoms with Crippen LogP contribution >= 0.6 is 0 Å². The van der Waals surface area contributed by atoms with Gasteiger partial charge in [-0.2, -0.15) is 0 Å². The number of primary sulfonamides is 1. The topological polar surface area (TPSA) is 116 Å². The molecule has 136 valence electrons. The first-order valence-electron chi connectivity index (χ1n) is 7.57. The number of nitrogens with two attached hydrogens (primary N) is 1. The van der Waals surface area contributed by atoms with Crippen LogP contribution in [-0.4, -0.2) is 30.0 Å². The zero-order chi connectivity index (χ0) is 18.5. The molecule has 0 aliphatic heterocycles. The van der Waals surface area contributed by atoms with Crippen LogP contribution in [0.5, 0.6) is 5.75 Å². The molecule has 7 nitrogen and oxygen atoms in total. The Morgan fingerprint density at radius 1 is 1.00 bits per heavy atom. The van der Waals surface area contributed by atoms with Gasteiger partial charge in [-0.05, 0) is 42.3 Å². The lowest BCUT2D eigenvalue weighted by atomic mass is 10.1. The minimum atomic E-state index is -3.77. The zero-order valence-electron chi connectivity index (χ0n) is 13.7. The van der Waals surface area contributed by atoms with Crippen molar-refractivity contribution in [1.82, 2.24) is 4.72 Å². The lowest BCUT2D eigenvalue weighted by Gasteiger charge is -2.12. The third-order valence-electron chi connectivity index (χ3n) is 3.45. The van der Waals surface area contributed by atoms with Crippen molar-refractivity contribution in [3.05, 3.63) is 54.1 Å². The first-order chi connectivity index (χ1) is 11.7. The molecule has 25 heavy (non-hydrogen) atoms. The van der Waals surface area contributed by atoms with E-state index in [0.29, 0.717) is 17.7 Å². The number of aryl methyl sites for hydroxylation is 1. The third kappa shape index (κ3) is 5.27. The molecule has 0 spiro atoms. The lowest BCUT2D eigenvalue weighted by molar-refractivity contribution is 0.319. The number of sulfonamides is 2. The molecule has 0 radical (unpaired) electrons. The highest BCUT2D eigenvalue weighted by molar-refractivity contribution is 7.89. The van der Waals surface area contributed by atoms with Crippen molar-refractivity contribution < 1.29 is 21.6 Å². The molecule has 0 aliphatic rings. The molecule has 9 heteroatoms. The summed E-state index contributed by atoms with van der Waals surface area (Å²) in [5.41, 5.74) is 0.678. The van der Waals surface area contributed by atoms with Crippen molar-refractivity contribution >= 4 is 20.0 Å². The summed E-state index contributed by atoms with van der Waals surface area (Å²) in [6.07, 6.45) is 0.550. The highest BCUT2D eigenvalue weighted by Crippen LogP contribution is 2.22. The number of rotatable bonds is 8. The largest absolute Gasteiger partial charge is 0.492 e. The molecule has 0 heterocycles. The third-order valence-corrected chi connectivity index (χ3v) is 5.83. The van der Waals surface area contributed by atoms with Gasteiger partial charge in [0.1, 0.15) is 12.4 Å². The Kier molecular flexibility index (Phi) is 6.17. The average Bonchev–Trinajstić information content (AvgIpc) is 2.58. The van der Waals surface area contributed by atoms with Crippen LogP contribution in [0.25, 0.3) is 0 Å². The molecule has 0 fully saturated rings. The maximum Gasteiger partial charge on any atom is 0.240 e. The number of hydrogen-bond acceptors (Lipinski definition) is 5. The Morgan fingerprint density at radius 2 is 1.68 bits per heavy atom. The van der Waals surface area contributed by atoms with E-state index in [9.17, 15) is 16.8 Å². The summed E-state index contributed by atoms with van der Waals surface area (Å²) < 4.78 is 54.9. The first-order valence-corrected chi connectivity index (χ1v) is 10.6. The van der Waals surface area contributed by atoms with Crippen LogP contribution in [0.15, 0.2) is 58.3 Å².